The Hall–Kier alpha value is -0.730. The molecule has 1 aliphatic carbocycles. The lowest BCUT2D eigenvalue weighted by molar-refractivity contribution is 0.438. The van der Waals surface area contributed by atoms with E-state index in [0.717, 1.165) is 12.1 Å². The van der Waals surface area contributed by atoms with Gasteiger partial charge in [-0.1, -0.05) is 37.0 Å². The lowest BCUT2D eigenvalue weighted by atomic mass is 9.84. The number of hydrogen-bond donors (Lipinski definition) is 0. The highest BCUT2D eigenvalue weighted by Gasteiger charge is 2.26. The molecule has 90 valence electrons. The largest absolute Gasteiger partial charge is 0.301 e. The highest BCUT2D eigenvalue weighted by molar-refractivity contribution is 6.36. The molecule has 0 bridgehead atoms. The van der Waals surface area contributed by atoms with Crippen molar-refractivity contribution in [3.8, 4) is 0 Å². The number of pyridine rings is 1. The van der Waals surface area contributed by atoms with E-state index in [4.69, 9.17) is 23.2 Å². The number of rotatable bonds is 0. The fourth-order valence-corrected chi connectivity index (χ4v) is 3.38. The first-order valence-corrected chi connectivity index (χ1v) is 6.67. The minimum absolute atomic E-state index is 0.503. The first kappa shape index (κ1) is 11.4. The number of imidazole rings is 1. The van der Waals surface area contributed by atoms with Gasteiger partial charge in [0.2, 0.25) is 0 Å². The van der Waals surface area contributed by atoms with Gasteiger partial charge in [-0.2, -0.15) is 0 Å². The van der Waals surface area contributed by atoms with Crippen LogP contribution in [0, 0.1) is 5.92 Å². The Morgan fingerprint density at radius 3 is 2.88 bits per heavy atom. The summed E-state index contributed by atoms with van der Waals surface area (Å²) in [6.07, 6.45) is 4.17. The van der Waals surface area contributed by atoms with E-state index in [1.165, 1.54) is 17.8 Å². The molecule has 17 heavy (non-hydrogen) atoms. The number of fused-ring (bicyclic) bond motifs is 3. The lowest BCUT2D eigenvalue weighted by Crippen LogP contribution is -2.15. The van der Waals surface area contributed by atoms with E-state index < -0.39 is 0 Å². The van der Waals surface area contributed by atoms with E-state index in [0.29, 0.717) is 21.9 Å². The Kier molecular flexibility index (Phi) is 2.60. The van der Waals surface area contributed by atoms with Crippen LogP contribution in [-0.4, -0.2) is 9.38 Å². The zero-order valence-corrected chi connectivity index (χ0v) is 11.4. The van der Waals surface area contributed by atoms with Crippen molar-refractivity contribution in [2.75, 3.05) is 0 Å². The highest BCUT2D eigenvalue weighted by Crippen LogP contribution is 2.36. The standard InChI is InChI=1S/C13H14Cl2N2/c1-7-3-8(2)12-11(4-7)17-6-9(14)5-10(15)13(17)16-12/h5-8H,3-4H2,1-2H3. The zero-order valence-electron chi connectivity index (χ0n) is 9.87. The van der Waals surface area contributed by atoms with Crippen molar-refractivity contribution in [3.63, 3.8) is 0 Å². The van der Waals surface area contributed by atoms with Crippen molar-refractivity contribution in [1.29, 1.82) is 0 Å². The van der Waals surface area contributed by atoms with Gasteiger partial charge in [0.05, 0.1) is 15.7 Å². The quantitative estimate of drug-likeness (QED) is 0.696. The van der Waals surface area contributed by atoms with Gasteiger partial charge in [0, 0.05) is 17.8 Å². The highest BCUT2D eigenvalue weighted by atomic mass is 35.5. The van der Waals surface area contributed by atoms with Crippen LogP contribution in [-0.2, 0) is 6.42 Å². The second-order valence-electron chi connectivity index (χ2n) is 5.09. The Labute approximate surface area is 111 Å². The van der Waals surface area contributed by atoms with E-state index in [1.54, 1.807) is 6.07 Å². The molecule has 2 atom stereocenters. The predicted molar refractivity (Wildman–Crippen MR) is 71.1 cm³/mol. The molecule has 3 rings (SSSR count). The summed E-state index contributed by atoms with van der Waals surface area (Å²) in [5.41, 5.74) is 3.30. The average Bonchev–Trinajstić information content (AvgIpc) is 2.58. The molecular formula is C13H14Cl2N2. The van der Waals surface area contributed by atoms with E-state index in [2.05, 4.69) is 23.2 Å². The molecule has 2 heterocycles. The third-order valence-corrected chi connectivity index (χ3v) is 4.02. The van der Waals surface area contributed by atoms with Crippen molar-refractivity contribution < 1.29 is 0 Å². The molecule has 4 heteroatoms. The van der Waals surface area contributed by atoms with E-state index in [-0.39, 0.29) is 0 Å². The molecule has 0 saturated carbocycles. The van der Waals surface area contributed by atoms with Crippen LogP contribution in [0.5, 0.6) is 0 Å². The smallest absolute Gasteiger partial charge is 0.156 e. The molecule has 0 saturated heterocycles. The molecular weight excluding hydrogens is 255 g/mol. The lowest BCUT2D eigenvalue weighted by Gasteiger charge is -2.23. The first-order chi connectivity index (χ1) is 8.06. The second kappa shape index (κ2) is 3.89. The fraction of sp³-hybridized carbons (Fsp3) is 0.462. The van der Waals surface area contributed by atoms with Crippen molar-refractivity contribution in [3.05, 3.63) is 33.7 Å². The van der Waals surface area contributed by atoms with Crippen LogP contribution in [0.3, 0.4) is 0 Å². The van der Waals surface area contributed by atoms with Crippen LogP contribution in [0.4, 0.5) is 0 Å². The van der Waals surface area contributed by atoms with Gasteiger partial charge in [-0.3, -0.25) is 0 Å². The van der Waals surface area contributed by atoms with Gasteiger partial charge in [0.25, 0.3) is 0 Å². The molecule has 2 unspecified atom stereocenters. The first-order valence-electron chi connectivity index (χ1n) is 5.92. The van der Waals surface area contributed by atoms with Gasteiger partial charge in [0.1, 0.15) is 0 Å². The van der Waals surface area contributed by atoms with Crippen LogP contribution in [0.2, 0.25) is 10.0 Å². The third-order valence-electron chi connectivity index (χ3n) is 3.54. The SMILES string of the molecule is CC1Cc2c(nc3c(Cl)cc(Cl)cn23)C(C)C1. The summed E-state index contributed by atoms with van der Waals surface area (Å²) in [4.78, 5) is 4.68. The summed E-state index contributed by atoms with van der Waals surface area (Å²) in [5.74, 6) is 1.19. The molecule has 2 nitrogen and oxygen atoms in total. The number of aromatic nitrogens is 2. The molecule has 0 aliphatic heterocycles. The minimum Gasteiger partial charge on any atom is -0.301 e. The average molecular weight is 269 g/mol. The van der Waals surface area contributed by atoms with Crippen LogP contribution >= 0.6 is 23.2 Å². The topological polar surface area (TPSA) is 17.3 Å². The van der Waals surface area contributed by atoms with Gasteiger partial charge in [-0.15, -0.1) is 0 Å². The van der Waals surface area contributed by atoms with Gasteiger partial charge >= 0.3 is 0 Å². The van der Waals surface area contributed by atoms with E-state index in [9.17, 15) is 0 Å². The van der Waals surface area contributed by atoms with Gasteiger partial charge in [0.15, 0.2) is 5.65 Å². The Morgan fingerprint density at radius 2 is 2.12 bits per heavy atom. The van der Waals surface area contributed by atoms with Gasteiger partial charge in [-0.25, -0.2) is 4.98 Å². The second-order valence-corrected chi connectivity index (χ2v) is 5.93. The predicted octanol–water partition coefficient (Wildman–Crippen LogP) is 4.33. The summed E-state index contributed by atoms with van der Waals surface area (Å²) in [7, 11) is 0. The van der Waals surface area contributed by atoms with Crippen molar-refractivity contribution in [1.82, 2.24) is 9.38 Å². The molecule has 2 aromatic heterocycles. The Balaban J connectivity index is 2.32. The van der Waals surface area contributed by atoms with E-state index in [1.807, 2.05) is 6.20 Å². The minimum atomic E-state index is 0.503. The zero-order chi connectivity index (χ0) is 12.2. The van der Waals surface area contributed by atoms with Gasteiger partial charge in [-0.05, 0) is 24.8 Å². The summed E-state index contributed by atoms with van der Waals surface area (Å²) in [6, 6.07) is 1.75. The molecule has 0 N–H and O–H groups in total. The van der Waals surface area contributed by atoms with Crippen molar-refractivity contribution >= 4 is 28.8 Å². The maximum atomic E-state index is 6.20. The van der Waals surface area contributed by atoms with Crippen LogP contribution in [0.1, 0.15) is 37.6 Å². The molecule has 0 spiro atoms. The van der Waals surface area contributed by atoms with Crippen LogP contribution in [0.25, 0.3) is 5.65 Å². The van der Waals surface area contributed by atoms with Gasteiger partial charge < -0.3 is 4.40 Å². The van der Waals surface area contributed by atoms with E-state index >= 15 is 0 Å². The third kappa shape index (κ3) is 1.74. The van der Waals surface area contributed by atoms with Crippen molar-refractivity contribution in [2.45, 2.75) is 32.6 Å². The monoisotopic (exact) mass is 268 g/mol. The molecule has 0 radical (unpaired) electrons. The van der Waals surface area contributed by atoms with Crippen LogP contribution < -0.4 is 0 Å². The van der Waals surface area contributed by atoms with Crippen molar-refractivity contribution in [2.24, 2.45) is 5.92 Å². The number of nitrogens with zero attached hydrogens (tertiary/aromatic N) is 2. The Bertz CT molecular complexity index is 589. The van der Waals surface area contributed by atoms with Crippen LogP contribution in [0.15, 0.2) is 12.3 Å². The maximum absolute atomic E-state index is 6.20. The molecule has 0 fully saturated rings. The Morgan fingerprint density at radius 1 is 1.35 bits per heavy atom. The summed E-state index contributed by atoms with van der Waals surface area (Å²) >= 11 is 12.3. The molecule has 1 aliphatic rings. The maximum Gasteiger partial charge on any atom is 0.156 e. The molecule has 0 amide bonds. The summed E-state index contributed by atoms with van der Waals surface area (Å²) in [5, 5.41) is 1.29. The summed E-state index contributed by atoms with van der Waals surface area (Å²) in [6.45, 7) is 4.52. The summed E-state index contributed by atoms with van der Waals surface area (Å²) < 4.78 is 2.06. The molecule has 0 aromatic carbocycles. The molecule has 2 aromatic rings. The number of hydrogen-bond acceptors (Lipinski definition) is 1. The number of halogens is 2. The normalized spacial score (nSPS) is 24.0. The fourth-order valence-electron chi connectivity index (χ4n) is 2.86.